The number of halogens is 3. The molecule has 0 rings (SSSR count). The molecule has 0 spiro atoms. The standard InChI is InChI=1S/C5H12BrF2O3P/c1-3-12(9,10,4-2)11-5(6,7)8/h9-10H,3-4H2,1-2H3. The fourth-order valence-corrected chi connectivity index (χ4v) is 2.78. The second-order valence-electron chi connectivity index (χ2n) is 2.47. The molecule has 2 N–H and O–H groups in total. The predicted molar refractivity (Wildman–Crippen MR) is 47.4 cm³/mol. The van der Waals surface area contributed by atoms with E-state index in [-0.39, 0.29) is 12.3 Å². The third-order valence-corrected chi connectivity index (χ3v) is 5.19. The molecular formula is C5H12BrF2O3P. The van der Waals surface area contributed by atoms with Crippen LogP contribution in [0.4, 0.5) is 8.78 Å². The second kappa shape index (κ2) is 3.42. The molecule has 0 aliphatic heterocycles. The van der Waals surface area contributed by atoms with Crippen LogP contribution in [0.15, 0.2) is 0 Å². The van der Waals surface area contributed by atoms with Gasteiger partial charge in [-0.15, -0.1) is 0 Å². The van der Waals surface area contributed by atoms with Crippen LogP contribution in [0.1, 0.15) is 13.8 Å². The topological polar surface area (TPSA) is 49.7 Å². The number of alkyl halides is 3. The van der Waals surface area contributed by atoms with Crippen molar-refractivity contribution in [3.63, 3.8) is 0 Å². The zero-order chi connectivity index (χ0) is 10.1. The summed E-state index contributed by atoms with van der Waals surface area (Å²) >= 11 is 1.89. The van der Waals surface area contributed by atoms with Crippen molar-refractivity contribution in [2.24, 2.45) is 0 Å². The van der Waals surface area contributed by atoms with Gasteiger partial charge < -0.3 is 0 Å². The van der Waals surface area contributed by atoms with Gasteiger partial charge in [0.05, 0.1) is 0 Å². The number of hydrogen-bond donors (Lipinski definition) is 2. The van der Waals surface area contributed by atoms with Crippen molar-refractivity contribution < 1.29 is 23.1 Å². The summed E-state index contributed by atoms with van der Waals surface area (Å²) in [5.74, 6) is 0. The summed E-state index contributed by atoms with van der Waals surface area (Å²) in [6.45, 7) is 2.78. The molecule has 0 radical (unpaired) electrons. The summed E-state index contributed by atoms with van der Waals surface area (Å²) in [6.07, 6.45) is -0.438. The Kier molecular flexibility index (Phi) is 3.61. The molecule has 0 saturated heterocycles. The summed E-state index contributed by atoms with van der Waals surface area (Å²) in [5.41, 5.74) is 0. The molecule has 0 bridgehead atoms. The summed E-state index contributed by atoms with van der Waals surface area (Å²) in [7, 11) is -4.59. The fraction of sp³-hybridized carbons (Fsp3) is 1.00. The molecule has 0 aliphatic carbocycles. The molecule has 0 saturated carbocycles. The van der Waals surface area contributed by atoms with Crippen LogP contribution >= 0.6 is 23.2 Å². The predicted octanol–water partition coefficient (Wildman–Crippen LogP) is 2.27. The number of rotatable bonds is 4. The van der Waals surface area contributed by atoms with Gasteiger partial charge in [-0.25, -0.2) is 0 Å². The summed E-state index contributed by atoms with van der Waals surface area (Å²) < 4.78 is 28.4. The molecule has 0 unspecified atom stereocenters. The van der Waals surface area contributed by atoms with Gasteiger partial charge in [-0.2, -0.15) is 0 Å². The Morgan fingerprint density at radius 3 is 1.75 bits per heavy atom. The van der Waals surface area contributed by atoms with Crippen LogP contribution < -0.4 is 0 Å². The number of hydrogen-bond acceptors (Lipinski definition) is 3. The van der Waals surface area contributed by atoms with Crippen molar-refractivity contribution in [2.75, 3.05) is 12.3 Å². The SMILES string of the molecule is CCP(O)(O)(CC)OC(F)(F)Br. The van der Waals surface area contributed by atoms with E-state index >= 15 is 0 Å². The van der Waals surface area contributed by atoms with Gasteiger partial charge in [0, 0.05) is 0 Å². The second-order valence-corrected chi connectivity index (χ2v) is 7.44. The normalized spacial score (nSPS) is 17.1. The van der Waals surface area contributed by atoms with E-state index in [1.54, 1.807) is 0 Å². The van der Waals surface area contributed by atoms with Crippen LogP contribution in [0.5, 0.6) is 0 Å². The Morgan fingerprint density at radius 2 is 1.67 bits per heavy atom. The van der Waals surface area contributed by atoms with Gasteiger partial charge in [0.15, 0.2) is 0 Å². The molecule has 0 aromatic carbocycles. The van der Waals surface area contributed by atoms with Crippen molar-refractivity contribution >= 4 is 23.2 Å². The molecule has 0 aromatic heterocycles. The average Bonchev–Trinajstić information content (AvgIpc) is 1.85. The van der Waals surface area contributed by atoms with E-state index in [0.29, 0.717) is 0 Å². The fourth-order valence-electron chi connectivity index (χ4n) is 0.592. The Balaban J connectivity index is 4.57. The summed E-state index contributed by atoms with van der Waals surface area (Å²) in [5, 5.41) is -3.68. The van der Waals surface area contributed by atoms with Crippen LogP contribution in [-0.2, 0) is 4.52 Å². The Morgan fingerprint density at radius 1 is 1.33 bits per heavy atom. The van der Waals surface area contributed by atoms with Gasteiger partial charge in [-0.3, -0.25) is 0 Å². The van der Waals surface area contributed by atoms with Gasteiger partial charge in [0.2, 0.25) is 0 Å². The van der Waals surface area contributed by atoms with Gasteiger partial charge in [-0.1, -0.05) is 0 Å². The monoisotopic (exact) mass is 268 g/mol. The zero-order valence-corrected chi connectivity index (χ0v) is 9.28. The third-order valence-electron chi connectivity index (χ3n) is 1.59. The maximum atomic E-state index is 12.2. The van der Waals surface area contributed by atoms with Crippen molar-refractivity contribution in [3.8, 4) is 0 Å². The molecular weight excluding hydrogens is 257 g/mol. The van der Waals surface area contributed by atoms with Crippen molar-refractivity contribution in [2.45, 2.75) is 18.9 Å². The molecule has 0 fully saturated rings. The first-order chi connectivity index (χ1) is 5.11. The third kappa shape index (κ3) is 4.05. The summed E-state index contributed by atoms with van der Waals surface area (Å²) in [4.78, 5) is 18.8. The molecule has 0 heterocycles. The van der Waals surface area contributed by atoms with E-state index in [4.69, 9.17) is 0 Å². The quantitative estimate of drug-likeness (QED) is 0.608. The first-order valence-corrected chi connectivity index (χ1v) is 6.62. The Bertz CT molecular complexity index is 163. The van der Waals surface area contributed by atoms with Gasteiger partial charge in [0.1, 0.15) is 0 Å². The van der Waals surface area contributed by atoms with E-state index in [2.05, 4.69) is 4.52 Å². The Hall–Kier alpha value is 0.650. The van der Waals surface area contributed by atoms with Crippen molar-refractivity contribution in [1.29, 1.82) is 0 Å². The molecule has 12 heavy (non-hydrogen) atoms. The van der Waals surface area contributed by atoms with Crippen LogP contribution in [0.25, 0.3) is 0 Å². The molecule has 76 valence electrons. The van der Waals surface area contributed by atoms with E-state index in [1.807, 2.05) is 15.9 Å². The Labute approximate surface area is 78.0 Å². The minimum atomic E-state index is -4.59. The van der Waals surface area contributed by atoms with E-state index < -0.39 is 12.3 Å². The van der Waals surface area contributed by atoms with Crippen molar-refractivity contribution in [3.05, 3.63) is 0 Å². The maximum absolute atomic E-state index is 12.2. The molecule has 0 atom stereocenters. The molecule has 0 aromatic rings. The van der Waals surface area contributed by atoms with Crippen molar-refractivity contribution in [1.82, 2.24) is 0 Å². The van der Waals surface area contributed by atoms with Gasteiger partial charge >= 0.3 is 77.5 Å². The van der Waals surface area contributed by atoms with E-state index in [1.165, 1.54) is 13.8 Å². The van der Waals surface area contributed by atoms with Gasteiger partial charge in [-0.05, 0) is 0 Å². The van der Waals surface area contributed by atoms with Gasteiger partial charge in [0.25, 0.3) is 0 Å². The van der Waals surface area contributed by atoms with Crippen LogP contribution in [0.3, 0.4) is 0 Å². The van der Waals surface area contributed by atoms with E-state index in [0.717, 1.165) is 0 Å². The molecule has 0 amide bonds. The van der Waals surface area contributed by atoms with Crippen LogP contribution in [0.2, 0.25) is 0 Å². The summed E-state index contributed by atoms with van der Waals surface area (Å²) in [6, 6.07) is 0. The van der Waals surface area contributed by atoms with Crippen LogP contribution in [-0.4, -0.2) is 27.1 Å². The minimum absolute atomic E-state index is 0.219. The average molecular weight is 269 g/mol. The molecule has 0 aliphatic rings. The first kappa shape index (κ1) is 12.7. The first-order valence-electron chi connectivity index (χ1n) is 3.40. The zero-order valence-electron chi connectivity index (χ0n) is 6.80. The van der Waals surface area contributed by atoms with Crippen LogP contribution in [0, 0.1) is 0 Å². The van der Waals surface area contributed by atoms with E-state index in [9.17, 15) is 18.6 Å². The molecule has 7 heteroatoms. The molecule has 3 nitrogen and oxygen atoms in total.